The molecule has 0 unspecified atom stereocenters. The highest BCUT2D eigenvalue weighted by atomic mass is 35.5. The number of hydrogen-bond acceptors (Lipinski definition) is 5. The number of nitrogens with one attached hydrogen (secondary N) is 1. The van der Waals surface area contributed by atoms with Crippen molar-refractivity contribution in [3.8, 4) is 0 Å². The van der Waals surface area contributed by atoms with Gasteiger partial charge in [0.2, 0.25) is 15.9 Å². The fourth-order valence-corrected chi connectivity index (χ4v) is 3.87. The molecule has 134 valence electrons. The first kappa shape index (κ1) is 19.7. The van der Waals surface area contributed by atoms with Crippen molar-refractivity contribution in [1.82, 2.24) is 9.29 Å². The number of anilines is 1. The topological polar surface area (TPSA) is 79.4 Å². The minimum atomic E-state index is -3.56. The lowest BCUT2D eigenvalue weighted by Gasteiger charge is -2.14. The number of aromatic nitrogens is 1. The van der Waals surface area contributed by atoms with Crippen LogP contribution in [-0.4, -0.2) is 43.0 Å². The lowest BCUT2D eigenvalue weighted by Crippen LogP contribution is -2.24. The van der Waals surface area contributed by atoms with Gasteiger partial charge in [0.05, 0.1) is 15.2 Å². The van der Waals surface area contributed by atoms with Gasteiger partial charge in [-0.3, -0.25) is 4.79 Å². The molecular weight excluding hydrogens is 382 g/mol. The third kappa shape index (κ3) is 4.94. The standard InChI is InChI=1S/C16H18ClN3O3S2/c1-11(24-16-14(17)8-5-9-18-16)15(21)19-12-6-4-7-13(10-12)25(22,23)20(2)3/h4-11H,1-3H3,(H,19,21)/t11-/m1/s1. The first-order valence-electron chi connectivity index (χ1n) is 7.32. The number of sulfonamides is 1. The van der Waals surface area contributed by atoms with Crippen LogP contribution in [0.2, 0.25) is 5.02 Å². The van der Waals surface area contributed by atoms with Crippen LogP contribution in [0.15, 0.2) is 52.5 Å². The SMILES string of the molecule is C[C@@H](Sc1ncccc1Cl)C(=O)Nc1cccc(S(=O)(=O)N(C)C)c1. The smallest absolute Gasteiger partial charge is 0.242 e. The normalized spacial score (nSPS) is 12.8. The van der Waals surface area contributed by atoms with Gasteiger partial charge in [0, 0.05) is 26.0 Å². The van der Waals surface area contributed by atoms with Gasteiger partial charge in [-0.1, -0.05) is 29.4 Å². The van der Waals surface area contributed by atoms with Crippen LogP contribution in [0.3, 0.4) is 0 Å². The molecule has 0 radical (unpaired) electrons. The van der Waals surface area contributed by atoms with E-state index in [-0.39, 0.29) is 10.8 Å². The monoisotopic (exact) mass is 399 g/mol. The van der Waals surface area contributed by atoms with E-state index in [1.54, 1.807) is 37.4 Å². The minimum absolute atomic E-state index is 0.114. The molecule has 6 nitrogen and oxygen atoms in total. The Bertz CT molecular complexity index is 872. The summed E-state index contributed by atoms with van der Waals surface area (Å²) in [7, 11) is -0.652. The Morgan fingerprint density at radius 1 is 1.28 bits per heavy atom. The number of pyridine rings is 1. The van der Waals surface area contributed by atoms with Crippen LogP contribution < -0.4 is 5.32 Å². The maximum atomic E-state index is 12.4. The van der Waals surface area contributed by atoms with Crippen molar-refractivity contribution < 1.29 is 13.2 Å². The van der Waals surface area contributed by atoms with E-state index >= 15 is 0 Å². The molecule has 0 aliphatic heterocycles. The first-order chi connectivity index (χ1) is 11.7. The number of halogens is 1. The van der Waals surface area contributed by atoms with Crippen LogP contribution in [0.1, 0.15) is 6.92 Å². The molecule has 1 atom stereocenters. The van der Waals surface area contributed by atoms with Crippen molar-refractivity contribution in [3.63, 3.8) is 0 Å². The van der Waals surface area contributed by atoms with Gasteiger partial charge < -0.3 is 5.32 Å². The van der Waals surface area contributed by atoms with E-state index in [2.05, 4.69) is 10.3 Å². The third-order valence-electron chi connectivity index (χ3n) is 3.26. The quantitative estimate of drug-likeness (QED) is 0.755. The van der Waals surface area contributed by atoms with Crippen molar-refractivity contribution in [3.05, 3.63) is 47.6 Å². The van der Waals surface area contributed by atoms with E-state index in [9.17, 15) is 13.2 Å². The Kier molecular flexibility index (Phi) is 6.45. The summed E-state index contributed by atoms with van der Waals surface area (Å²) < 4.78 is 25.5. The zero-order valence-corrected chi connectivity index (χ0v) is 16.3. The Morgan fingerprint density at radius 2 is 2.00 bits per heavy atom. The number of thioether (sulfide) groups is 1. The highest BCUT2D eigenvalue weighted by Gasteiger charge is 2.20. The molecule has 1 amide bonds. The van der Waals surface area contributed by atoms with Crippen LogP contribution in [0.5, 0.6) is 0 Å². The van der Waals surface area contributed by atoms with E-state index in [0.717, 1.165) is 4.31 Å². The van der Waals surface area contributed by atoms with Gasteiger partial charge in [0.15, 0.2) is 0 Å². The van der Waals surface area contributed by atoms with Crippen LogP contribution in [0.25, 0.3) is 0 Å². The Balaban J connectivity index is 2.12. The first-order valence-corrected chi connectivity index (χ1v) is 10.0. The largest absolute Gasteiger partial charge is 0.325 e. The molecule has 0 bridgehead atoms. The summed E-state index contributed by atoms with van der Waals surface area (Å²) in [6, 6.07) is 9.55. The van der Waals surface area contributed by atoms with Gasteiger partial charge in [-0.25, -0.2) is 17.7 Å². The molecular formula is C16H18ClN3O3S2. The number of rotatable bonds is 6. The van der Waals surface area contributed by atoms with Crippen molar-refractivity contribution in [2.75, 3.05) is 19.4 Å². The van der Waals surface area contributed by atoms with Crippen molar-refractivity contribution in [2.24, 2.45) is 0 Å². The van der Waals surface area contributed by atoms with Gasteiger partial charge in [-0.05, 0) is 37.3 Å². The average molecular weight is 400 g/mol. The second-order valence-electron chi connectivity index (χ2n) is 5.35. The van der Waals surface area contributed by atoms with Crippen molar-refractivity contribution >= 4 is 45.0 Å². The zero-order chi connectivity index (χ0) is 18.6. The molecule has 1 aromatic carbocycles. The van der Waals surface area contributed by atoms with Crippen LogP contribution >= 0.6 is 23.4 Å². The van der Waals surface area contributed by atoms with Crippen LogP contribution in [0.4, 0.5) is 5.69 Å². The molecule has 1 N–H and O–H groups in total. The van der Waals surface area contributed by atoms with Gasteiger partial charge in [-0.2, -0.15) is 0 Å². The fraction of sp³-hybridized carbons (Fsp3) is 0.250. The van der Waals surface area contributed by atoms with E-state index < -0.39 is 15.3 Å². The van der Waals surface area contributed by atoms with Gasteiger partial charge in [0.25, 0.3) is 0 Å². The van der Waals surface area contributed by atoms with Gasteiger partial charge >= 0.3 is 0 Å². The lowest BCUT2D eigenvalue weighted by molar-refractivity contribution is -0.115. The van der Waals surface area contributed by atoms with Gasteiger partial charge in [0.1, 0.15) is 5.03 Å². The number of hydrogen-bond donors (Lipinski definition) is 1. The average Bonchev–Trinajstić information content (AvgIpc) is 2.57. The molecule has 9 heteroatoms. The molecule has 0 spiro atoms. The summed E-state index contributed by atoms with van der Waals surface area (Å²) in [5.41, 5.74) is 0.410. The summed E-state index contributed by atoms with van der Waals surface area (Å²) in [6.45, 7) is 1.73. The molecule has 0 saturated carbocycles. The number of carbonyl (C=O) groups excluding carboxylic acids is 1. The number of nitrogens with zero attached hydrogens (tertiary/aromatic N) is 2. The molecule has 1 heterocycles. The number of amides is 1. The summed E-state index contributed by atoms with van der Waals surface area (Å²) >= 11 is 7.28. The van der Waals surface area contributed by atoms with E-state index in [1.165, 1.54) is 38.0 Å². The summed E-state index contributed by atoms with van der Waals surface area (Å²) in [6.07, 6.45) is 1.61. The maximum absolute atomic E-state index is 12.4. The van der Waals surface area contributed by atoms with E-state index in [0.29, 0.717) is 15.7 Å². The molecule has 1 aromatic heterocycles. The minimum Gasteiger partial charge on any atom is -0.325 e. The molecule has 0 saturated heterocycles. The highest BCUT2D eigenvalue weighted by Crippen LogP contribution is 2.28. The lowest BCUT2D eigenvalue weighted by atomic mass is 10.3. The Hall–Kier alpha value is -1.61. The predicted molar refractivity (Wildman–Crippen MR) is 101 cm³/mol. The molecule has 0 aliphatic rings. The van der Waals surface area contributed by atoms with Crippen molar-refractivity contribution in [1.29, 1.82) is 0 Å². The molecule has 25 heavy (non-hydrogen) atoms. The maximum Gasteiger partial charge on any atom is 0.242 e. The molecule has 0 fully saturated rings. The fourth-order valence-electron chi connectivity index (χ4n) is 1.87. The van der Waals surface area contributed by atoms with Crippen LogP contribution in [-0.2, 0) is 14.8 Å². The van der Waals surface area contributed by atoms with Crippen molar-refractivity contribution in [2.45, 2.75) is 22.1 Å². The van der Waals surface area contributed by atoms with E-state index in [1.807, 2.05) is 0 Å². The van der Waals surface area contributed by atoms with E-state index in [4.69, 9.17) is 11.6 Å². The predicted octanol–water partition coefficient (Wildman–Crippen LogP) is 3.10. The molecule has 0 aliphatic carbocycles. The van der Waals surface area contributed by atoms with Gasteiger partial charge in [-0.15, -0.1) is 0 Å². The second-order valence-corrected chi connectivity index (χ2v) is 9.24. The Morgan fingerprint density at radius 3 is 2.64 bits per heavy atom. The number of benzene rings is 1. The summed E-state index contributed by atoms with van der Waals surface area (Å²) in [5.74, 6) is -0.272. The summed E-state index contributed by atoms with van der Waals surface area (Å²) in [5, 5.41) is 3.31. The third-order valence-corrected chi connectivity index (χ3v) is 6.61. The zero-order valence-electron chi connectivity index (χ0n) is 13.9. The summed E-state index contributed by atoms with van der Waals surface area (Å²) in [4.78, 5) is 16.6. The highest BCUT2D eigenvalue weighted by molar-refractivity contribution is 8.00. The van der Waals surface area contributed by atoms with Crippen LogP contribution in [0, 0.1) is 0 Å². The Labute approximate surface area is 156 Å². The second kappa shape index (κ2) is 8.18. The molecule has 2 rings (SSSR count). The molecule has 2 aromatic rings. The number of carbonyl (C=O) groups is 1.